The van der Waals surface area contributed by atoms with E-state index in [9.17, 15) is 15.3 Å². The highest BCUT2D eigenvalue weighted by Gasteiger charge is 2.40. The number of aromatic nitrogens is 3. The van der Waals surface area contributed by atoms with E-state index in [-0.39, 0.29) is 6.61 Å². The minimum absolute atomic E-state index is 0.240. The van der Waals surface area contributed by atoms with Crippen molar-refractivity contribution in [2.75, 3.05) is 6.61 Å². The van der Waals surface area contributed by atoms with Gasteiger partial charge in [-0.05, 0) is 12.1 Å². The highest BCUT2D eigenvalue weighted by atomic mass is 16.5. The number of nitrogens with one attached hydrogen (secondary N) is 1. The molecule has 0 saturated carbocycles. The molecule has 2 heterocycles. The summed E-state index contributed by atoms with van der Waals surface area (Å²) < 4.78 is 7.29. The third kappa shape index (κ3) is 3.50. The van der Waals surface area contributed by atoms with Gasteiger partial charge in [0.15, 0.2) is 0 Å². The smallest absolute Gasteiger partial charge is 0.132 e. The molecule has 8 nitrogen and oxygen atoms in total. The zero-order valence-corrected chi connectivity index (χ0v) is 12.5. The van der Waals surface area contributed by atoms with Gasteiger partial charge in [-0.3, -0.25) is 0 Å². The summed E-state index contributed by atoms with van der Waals surface area (Å²) in [5.41, 5.74) is 0.754. The summed E-state index contributed by atoms with van der Waals surface area (Å²) in [6, 6.07) is 8.45. The molecule has 0 amide bonds. The lowest BCUT2D eigenvalue weighted by atomic mass is 10.1. The van der Waals surface area contributed by atoms with Crippen LogP contribution in [0.4, 0.5) is 0 Å². The molecule has 2 aromatic rings. The average Bonchev–Trinajstić information content (AvgIpc) is 3.13. The molecule has 4 N–H and O–H groups in total. The molecule has 4 atom stereocenters. The van der Waals surface area contributed by atoms with Crippen molar-refractivity contribution in [3.8, 4) is 5.75 Å². The second-order valence-corrected chi connectivity index (χ2v) is 5.55. The largest absolute Gasteiger partial charge is 0.487 e. The SMILES string of the molecule is OC[C@H]1N[C@H](Cn2nncc2COc2ccccc2)[C@@H](O)[C@@H]1O. The van der Waals surface area contributed by atoms with Crippen LogP contribution in [0.5, 0.6) is 5.75 Å². The Morgan fingerprint density at radius 2 is 1.87 bits per heavy atom. The van der Waals surface area contributed by atoms with Crippen LogP contribution in [0, 0.1) is 0 Å². The number of nitrogens with zero attached hydrogens (tertiary/aromatic N) is 3. The molecule has 0 unspecified atom stereocenters. The third-order valence-electron chi connectivity index (χ3n) is 4.00. The van der Waals surface area contributed by atoms with Crippen LogP contribution < -0.4 is 10.1 Å². The topological polar surface area (TPSA) is 113 Å². The molecule has 124 valence electrons. The van der Waals surface area contributed by atoms with E-state index in [1.165, 1.54) is 0 Å². The highest BCUT2D eigenvalue weighted by molar-refractivity contribution is 5.21. The summed E-state index contributed by atoms with van der Waals surface area (Å²) in [4.78, 5) is 0. The molecule has 1 aliphatic heterocycles. The fourth-order valence-corrected chi connectivity index (χ4v) is 2.67. The Bertz CT molecular complexity index is 621. The van der Waals surface area contributed by atoms with Gasteiger partial charge in [0.1, 0.15) is 12.4 Å². The van der Waals surface area contributed by atoms with Gasteiger partial charge in [0.25, 0.3) is 0 Å². The molecule has 0 spiro atoms. The second kappa shape index (κ2) is 7.05. The van der Waals surface area contributed by atoms with Crippen LogP contribution in [0.15, 0.2) is 36.5 Å². The zero-order valence-electron chi connectivity index (χ0n) is 12.5. The van der Waals surface area contributed by atoms with E-state index in [0.717, 1.165) is 11.4 Å². The number of benzene rings is 1. The first-order valence-corrected chi connectivity index (χ1v) is 7.47. The summed E-state index contributed by atoms with van der Waals surface area (Å²) in [5.74, 6) is 0.745. The number of hydrogen-bond acceptors (Lipinski definition) is 7. The predicted octanol–water partition coefficient (Wildman–Crippen LogP) is -1.09. The Labute approximate surface area is 133 Å². The van der Waals surface area contributed by atoms with Crippen molar-refractivity contribution in [3.05, 3.63) is 42.2 Å². The van der Waals surface area contributed by atoms with Crippen LogP contribution in [-0.2, 0) is 13.2 Å². The highest BCUT2D eigenvalue weighted by Crippen LogP contribution is 2.17. The van der Waals surface area contributed by atoms with Crippen LogP contribution in [0.1, 0.15) is 5.69 Å². The quantitative estimate of drug-likeness (QED) is 0.535. The molecule has 0 bridgehead atoms. The van der Waals surface area contributed by atoms with E-state index in [0.29, 0.717) is 13.2 Å². The normalized spacial score (nSPS) is 27.3. The predicted molar refractivity (Wildman–Crippen MR) is 80.6 cm³/mol. The first-order chi connectivity index (χ1) is 11.2. The van der Waals surface area contributed by atoms with E-state index >= 15 is 0 Å². The number of aliphatic hydroxyl groups is 3. The minimum atomic E-state index is -1.00. The molecule has 1 saturated heterocycles. The molecule has 0 aliphatic carbocycles. The fourth-order valence-electron chi connectivity index (χ4n) is 2.67. The molecular formula is C15H20N4O4. The van der Waals surface area contributed by atoms with Gasteiger partial charge in [-0.15, -0.1) is 5.10 Å². The molecule has 1 aromatic carbocycles. The van der Waals surface area contributed by atoms with E-state index in [1.807, 2.05) is 30.3 Å². The van der Waals surface area contributed by atoms with Crippen LogP contribution in [0.3, 0.4) is 0 Å². The number of para-hydroxylation sites is 1. The van der Waals surface area contributed by atoms with E-state index in [1.54, 1.807) is 10.9 Å². The Morgan fingerprint density at radius 3 is 2.57 bits per heavy atom. The van der Waals surface area contributed by atoms with Crippen molar-refractivity contribution in [1.29, 1.82) is 0 Å². The number of ether oxygens (including phenoxy) is 1. The van der Waals surface area contributed by atoms with Crippen molar-refractivity contribution in [2.45, 2.75) is 37.4 Å². The van der Waals surface area contributed by atoms with Gasteiger partial charge < -0.3 is 25.4 Å². The monoisotopic (exact) mass is 320 g/mol. The van der Waals surface area contributed by atoms with Crippen LogP contribution >= 0.6 is 0 Å². The molecule has 1 fully saturated rings. The number of hydrogen-bond donors (Lipinski definition) is 4. The minimum Gasteiger partial charge on any atom is -0.487 e. The Hall–Kier alpha value is -2.00. The van der Waals surface area contributed by atoms with E-state index < -0.39 is 24.3 Å². The summed E-state index contributed by atoms with van der Waals surface area (Å²) in [6.45, 7) is 0.379. The van der Waals surface area contributed by atoms with Gasteiger partial charge >= 0.3 is 0 Å². The second-order valence-electron chi connectivity index (χ2n) is 5.55. The van der Waals surface area contributed by atoms with Crippen LogP contribution in [-0.4, -0.2) is 61.2 Å². The Kier molecular flexibility index (Phi) is 4.87. The first-order valence-electron chi connectivity index (χ1n) is 7.47. The zero-order chi connectivity index (χ0) is 16.2. The van der Waals surface area contributed by atoms with E-state index in [4.69, 9.17) is 4.74 Å². The Morgan fingerprint density at radius 1 is 1.13 bits per heavy atom. The van der Waals surface area contributed by atoms with Gasteiger partial charge in [0.05, 0.1) is 49.3 Å². The Balaban J connectivity index is 1.62. The number of rotatable bonds is 6. The lowest BCUT2D eigenvalue weighted by Gasteiger charge is -2.17. The molecule has 1 aromatic heterocycles. The summed E-state index contributed by atoms with van der Waals surface area (Å²) in [7, 11) is 0. The van der Waals surface area contributed by atoms with Crippen molar-refractivity contribution >= 4 is 0 Å². The van der Waals surface area contributed by atoms with Gasteiger partial charge in [0.2, 0.25) is 0 Å². The molecule has 1 aliphatic rings. The van der Waals surface area contributed by atoms with Gasteiger partial charge in [0, 0.05) is 0 Å². The summed E-state index contributed by atoms with van der Waals surface area (Å²) >= 11 is 0. The van der Waals surface area contributed by atoms with Crippen LogP contribution in [0.2, 0.25) is 0 Å². The first kappa shape index (κ1) is 15.9. The lowest BCUT2D eigenvalue weighted by Crippen LogP contribution is -2.38. The molecule has 3 rings (SSSR count). The standard InChI is InChI=1S/C15H20N4O4/c20-8-13-15(22)14(21)12(17-13)7-19-10(6-16-18-19)9-23-11-4-2-1-3-5-11/h1-6,12-15,17,20-22H,7-9H2/t12-,13-,14-,15-/m1/s1. The van der Waals surface area contributed by atoms with Crippen molar-refractivity contribution in [1.82, 2.24) is 20.3 Å². The summed E-state index contributed by atoms with van der Waals surface area (Å²) in [6.07, 6.45) is -0.374. The molecule has 8 heteroatoms. The molecular weight excluding hydrogens is 300 g/mol. The average molecular weight is 320 g/mol. The summed E-state index contributed by atoms with van der Waals surface area (Å²) in [5, 5.41) is 39.9. The van der Waals surface area contributed by atoms with Gasteiger partial charge in [-0.1, -0.05) is 23.4 Å². The third-order valence-corrected chi connectivity index (χ3v) is 4.00. The fraction of sp³-hybridized carbons (Fsp3) is 0.467. The lowest BCUT2D eigenvalue weighted by molar-refractivity contribution is 0.0173. The number of aliphatic hydroxyl groups excluding tert-OH is 3. The van der Waals surface area contributed by atoms with Gasteiger partial charge in [-0.2, -0.15) is 0 Å². The van der Waals surface area contributed by atoms with Gasteiger partial charge in [-0.25, -0.2) is 4.68 Å². The van der Waals surface area contributed by atoms with Crippen molar-refractivity contribution in [3.63, 3.8) is 0 Å². The molecule has 0 radical (unpaired) electrons. The maximum Gasteiger partial charge on any atom is 0.132 e. The van der Waals surface area contributed by atoms with Crippen molar-refractivity contribution < 1.29 is 20.1 Å². The maximum absolute atomic E-state index is 10.0. The molecule has 23 heavy (non-hydrogen) atoms. The maximum atomic E-state index is 10.0. The van der Waals surface area contributed by atoms with E-state index in [2.05, 4.69) is 15.6 Å². The van der Waals surface area contributed by atoms with Crippen molar-refractivity contribution in [2.24, 2.45) is 0 Å². The van der Waals surface area contributed by atoms with Crippen LogP contribution in [0.25, 0.3) is 0 Å².